The minimum Gasteiger partial charge on any atom is -0.325 e. The zero-order valence-electron chi connectivity index (χ0n) is 13.6. The largest absolute Gasteiger partial charge is 0.325 e. The van der Waals surface area contributed by atoms with Crippen LogP contribution in [0.25, 0.3) is 10.2 Å². The van der Waals surface area contributed by atoms with Crippen molar-refractivity contribution in [3.8, 4) is 0 Å². The van der Waals surface area contributed by atoms with Crippen molar-refractivity contribution in [1.82, 2.24) is 4.98 Å². The minimum absolute atomic E-state index is 0.0559. The molecule has 3 nitrogen and oxygen atoms in total. The van der Waals surface area contributed by atoms with Gasteiger partial charge < -0.3 is 5.32 Å². The molecule has 2 heterocycles. The van der Waals surface area contributed by atoms with Crippen molar-refractivity contribution in [2.45, 2.75) is 54.4 Å². The highest BCUT2D eigenvalue weighted by molar-refractivity contribution is 7.17. The first-order valence-corrected chi connectivity index (χ1v) is 8.11. The molecule has 1 amide bonds. The summed E-state index contributed by atoms with van der Waals surface area (Å²) in [4.78, 5) is 15.5. The lowest BCUT2D eigenvalue weighted by molar-refractivity contribution is -0.114. The highest BCUT2D eigenvalue weighted by Gasteiger charge is 2.13. The lowest BCUT2D eigenvalue weighted by Crippen LogP contribution is -2.09. The minimum atomic E-state index is -0.0559. The Hall–Kier alpha value is -1.42. The Morgan fingerprint density at radius 1 is 1.25 bits per heavy atom. The van der Waals surface area contributed by atoms with Crippen LogP contribution in [0, 0.1) is 0 Å². The molecule has 0 aromatic carbocycles. The molecule has 2 aromatic rings. The second-order valence-corrected chi connectivity index (χ2v) is 4.97. The highest BCUT2D eigenvalue weighted by Crippen LogP contribution is 2.34. The molecule has 2 rings (SSSR count). The number of fused-ring (bicyclic) bond motifs is 1. The van der Waals surface area contributed by atoms with Crippen molar-refractivity contribution in [3.63, 3.8) is 0 Å². The van der Waals surface area contributed by atoms with Crippen LogP contribution in [0.3, 0.4) is 0 Å². The molecule has 0 atom stereocenters. The van der Waals surface area contributed by atoms with Gasteiger partial charge in [-0.15, -0.1) is 11.3 Å². The Morgan fingerprint density at radius 2 is 1.85 bits per heavy atom. The highest BCUT2D eigenvalue weighted by atomic mass is 32.1. The Labute approximate surface area is 126 Å². The van der Waals surface area contributed by atoms with Crippen LogP contribution in [-0.4, -0.2) is 10.9 Å². The maximum Gasteiger partial charge on any atom is 0.221 e. The van der Waals surface area contributed by atoms with Gasteiger partial charge >= 0.3 is 0 Å². The van der Waals surface area contributed by atoms with Crippen LogP contribution in [0.5, 0.6) is 0 Å². The van der Waals surface area contributed by atoms with E-state index < -0.39 is 0 Å². The van der Waals surface area contributed by atoms with Gasteiger partial charge in [-0.05, 0) is 22.9 Å². The Bertz CT molecular complexity index is 532. The maximum atomic E-state index is 11.1. The molecule has 0 fully saturated rings. The lowest BCUT2D eigenvalue weighted by Gasteiger charge is -2.13. The number of pyridine rings is 1. The Kier molecular flexibility index (Phi) is 8.81. The SMILES string of the molecule is CC.CC.CC(=O)Nc1cnc2ccsc2c1C(C)C. The zero-order valence-corrected chi connectivity index (χ0v) is 14.4. The fourth-order valence-corrected chi connectivity index (χ4v) is 2.84. The van der Waals surface area contributed by atoms with E-state index in [1.165, 1.54) is 17.2 Å². The van der Waals surface area contributed by atoms with E-state index in [0.29, 0.717) is 5.92 Å². The number of carbonyl (C=O) groups is 1. The third-order valence-electron chi connectivity index (χ3n) is 2.40. The van der Waals surface area contributed by atoms with Crippen LogP contribution in [0.15, 0.2) is 17.6 Å². The van der Waals surface area contributed by atoms with Crippen molar-refractivity contribution >= 4 is 33.1 Å². The lowest BCUT2D eigenvalue weighted by atomic mass is 10.0. The first-order valence-electron chi connectivity index (χ1n) is 7.23. The number of hydrogen-bond acceptors (Lipinski definition) is 3. The molecule has 0 aliphatic carbocycles. The summed E-state index contributed by atoms with van der Waals surface area (Å²) in [5.41, 5.74) is 3.01. The smallest absolute Gasteiger partial charge is 0.221 e. The standard InChI is InChI=1S/C12H14N2OS.2C2H6/c1-7(2)11-10(14-8(3)15)6-13-9-4-5-16-12(9)11;2*1-2/h4-7H,1-3H3,(H,14,15);2*1-2H3. The van der Waals surface area contributed by atoms with Crippen molar-refractivity contribution in [2.75, 3.05) is 5.32 Å². The fourth-order valence-electron chi connectivity index (χ4n) is 1.79. The normalized spacial score (nSPS) is 9.40. The number of thiophene rings is 1. The van der Waals surface area contributed by atoms with Gasteiger partial charge in [0.2, 0.25) is 5.91 Å². The van der Waals surface area contributed by atoms with E-state index >= 15 is 0 Å². The molecule has 4 heteroatoms. The van der Waals surface area contributed by atoms with Crippen LogP contribution in [-0.2, 0) is 4.79 Å². The number of amides is 1. The molecule has 1 N–H and O–H groups in total. The molecule has 112 valence electrons. The van der Waals surface area contributed by atoms with Gasteiger partial charge in [0, 0.05) is 6.92 Å². The summed E-state index contributed by atoms with van der Waals surface area (Å²) < 4.78 is 1.17. The van der Waals surface area contributed by atoms with Gasteiger partial charge in [0.1, 0.15) is 0 Å². The first kappa shape index (κ1) is 18.6. The number of aromatic nitrogens is 1. The second-order valence-electron chi connectivity index (χ2n) is 4.06. The number of nitrogens with one attached hydrogen (secondary N) is 1. The zero-order chi connectivity index (χ0) is 15.7. The average Bonchev–Trinajstić information content (AvgIpc) is 2.90. The molecule has 20 heavy (non-hydrogen) atoms. The van der Waals surface area contributed by atoms with Crippen LogP contribution in [0.1, 0.15) is 59.9 Å². The van der Waals surface area contributed by atoms with Gasteiger partial charge in [0.25, 0.3) is 0 Å². The van der Waals surface area contributed by atoms with E-state index in [0.717, 1.165) is 11.2 Å². The van der Waals surface area contributed by atoms with E-state index in [1.54, 1.807) is 17.5 Å². The third kappa shape index (κ3) is 4.60. The molecule has 0 spiro atoms. The predicted octanol–water partition coefficient (Wildman–Crippen LogP) is 5.43. The van der Waals surface area contributed by atoms with Crippen LogP contribution in [0.4, 0.5) is 5.69 Å². The monoisotopic (exact) mass is 294 g/mol. The molecule has 2 aromatic heterocycles. The van der Waals surface area contributed by atoms with Crippen LogP contribution >= 0.6 is 11.3 Å². The van der Waals surface area contributed by atoms with Gasteiger partial charge in [0.05, 0.1) is 22.1 Å². The predicted molar refractivity (Wildman–Crippen MR) is 90.7 cm³/mol. The van der Waals surface area contributed by atoms with Gasteiger partial charge in [-0.3, -0.25) is 9.78 Å². The Morgan fingerprint density at radius 3 is 2.35 bits per heavy atom. The van der Waals surface area contributed by atoms with E-state index in [2.05, 4.69) is 24.1 Å². The van der Waals surface area contributed by atoms with Crippen molar-refractivity contribution in [1.29, 1.82) is 0 Å². The summed E-state index contributed by atoms with van der Waals surface area (Å²) in [7, 11) is 0. The number of carbonyl (C=O) groups excluding carboxylic acids is 1. The van der Waals surface area contributed by atoms with Gasteiger partial charge in [0.15, 0.2) is 0 Å². The average molecular weight is 294 g/mol. The summed E-state index contributed by atoms with van der Waals surface area (Å²) in [5.74, 6) is 0.311. The topological polar surface area (TPSA) is 42.0 Å². The summed E-state index contributed by atoms with van der Waals surface area (Å²) in [5, 5.41) is 4.87. The summed E-state index contributed by atoms with van der Waals surface area (Å²) in [6.07, 6.45) is 1.74. The number of rotatable bonds is 2. The fraction of sp³-hybridized carbons (Fsp3) is 0.500. The molecule has 0 saturated carbocycles. The Balaban J connectivity index is 0.000000829. The quantitative estimate of drug-likeness (QED) is 0.802. The molecule has 0 aliphatic heterocycles. The maximum absolute atomic E-state index is 11.1. The van der Waals surface area contributed by atoms with E-state index in [4.69, 9.17) is 0 Å². The van der Waals surface area contributed by atoms with Crippen LogP contribution in [0.2, 0.25) is 0 Å². The van der Waals surface area contributed by atoms with E-state index in [1.807, 2.05) is 39.1 Å². The number of anilines is 1. The number of nitrogens with zero attached hydrogens (tertiary/aromatic N) is 1. The third-order valence-corrected chi connectivity index (χ3v) is 3.34. The van der Waals surface area contributed by atoms with Crippen LogP contribution < -0.4 is 5.32 Å². The van der Waals surface area contributed by atoms with Crippen molar-refractivity contribution in [2.24, 2.45) is 0 Å². The molecule has 0 saturated heterocycles. The van der Waals surface area contributed by atoms with E-state index in [-0.39, 0.29) is 5.91 Å². The second kappa shape index (κ2) is 9.48. The number of hydrogen-bond donors (Lipinski definition) is 1. The van der Waals surface area contributed by atoms with E-state index in [9.17, 15) is 4.79 Å². The molecule has 0 radical (unpaired) electrons. The van der Waals surface area contributed by atoms with Gasteiger partial charge in [-0.25, -0.2) is 0 Å². The molecule has 0 unspecified atom stereocenters. The molecule has 0 aliphatic rings. The summed E-state index contributed by atoms with van der Waals surface area (Å²) in [6, 6.07) is 2.00. The molecular formula is C16H26N2OS. The summed E-state index contributed by atoms with van der Waals surface area (Å²) in [6.45, 7) is 13.8. The van der Waals surface area contributed by atoms with Gasteiger partial charge in [-0.2, -0.15) is 0 Å². The van der Waals surface area contributed by atoms with Gasteiger partial charge in [-0.1, -0.05) is 41.5 Å². The van der Waals surface area contributed by atoms with Crippen molar-refractivity contribution < 1.29 is 4.79 Å². The van der Waals surface area contributed by atoms with Crippen molar-refractivity contribution in [3.05, 3.63) is 23.2 Å². The molecular weight excluding hydrogens is 268 g/mol. The first-order chi connectivity index (χ1) is 9.59. The molecule has 0 bridgehead atoms. The summed E-state index contributed by atoms with van der Waals surface area (Å²) >= 11 is 1.67.